The summed E-state index contributed by atoms with van der Waals surface area (Å²) in [6, 6.07) is 8.59. The van der Waals surface area contributed by atoms with Crippen molar-refractivity contribution in [2.45, 2.75) is 44.4 Å². The van der Waals surface area contributed by atoms with Crippen LogP contribution in [-0.4, -0.2) is 29.6 Å². The Labute approximate surface area is 126 Å². The predicted octanol–water partition coefficient (Wildman–Crippen LogP) is 4.16. The normalized spacial score (nSPS) is 16.7. The number of amides is 1. The van der Waals surface area contributed by atoms with Crippen LogP contribution in [0.5, 0.6) is 0 Å². The van der Waals surface area contributed by atoms with Crippen LogP contribution in [0.3, 0.4) is 0 Å². The van der Waals surface area contributed by atoms with E-state index in [1.54, 1.807) is 11.8 Å². The fourth-order valence-electron chi connectivity index (χ4n) is 2.44. The lowest BCUT2D eigenvalue weighted by atomic mass is 9.99. The summed E-state index contributed by atoms with van der Waals surface area (Å²) in [7, 11) is 0. The number of hydrogen-bond donors (Lipinski definition) is 0. The molecule has 2 rings (SSSR count). The number of likely N-dealkylation sites (tertiary alicyclic amines) is 1. The van der Waals surface area contributed by atoms with Gasteiger partial charge in [0.1, 0.15) is 0 Å². The first-order valence-corrected chi connectivity index (χ1v) is 8.55. The number of carbonyl (C=O) groups is 1. The monoisotopic (exact) mass is 291 g/mol. The number of nitrogens with zero attached hydrogens (tertiary/aromatic N) is 1. The topological polar surface area (TPSA) is 20.3 Å². The van der Waals surface area contributed by atoms with Crippen LogP contribution in [0, 0.1) is 5.92 Å². The van der Waals surface area contributed by atoms with E-state index < -0.39 is 0 Å². The molecule has 1 saturated heterocycles. The molecule has 0 aromatic heterocycles. The van der Waals surface area contributed by atoms with Crippen molar-refractivity contribution in [2.75, 3.05) is 18.8 Å². The van der Waals surface area contributed by atoms with Gasteiger partial charge in [-0.25, -0.2) is 0 Å². The molecule has 1 heterocycles. The molecular weight excluding hydrogens is 266 g/mol. The molecule has 0 unspecified atom stereocenters. The maximum Gasteiger partial charge on any atom is 0.232 e. The Hall–Kier alpha value is -0.960. The molecule has 0 saturated carbocycles. The molecule has 1 aromatic carbocycles. The Bertz CT molecular complexity index is 433. The summed E-state index contributed by atoms with van der Waals surface area (Å²) in [6.07, 6.45) is 2.30. The van der Waals surface area contributed by atoms with E-state index in [0.717, 1.165) is 31.8 Å². The first-order valence-electron chi connectivity index (χ1n) is 7.57. The first kappa shape index (κ1) is 15.4. The molecule has 0 bridgehead atoms. The summed E-state index contributed by atoms with van der Waals surface area (Å²) < 4.78 is 0. The predicted molar refractivity (Wildman–Crippen MR) is 86.2 cm³/mol. The summed E-state index contributed by atoms with van der Waals surface area (Å²) in [5.41, 5.74) is 1.35. The molecule has 110 valence electrons. The number of hydrogen-bond acceptors (Lipinski definition) is 2. The molecule has 20 heavy (non-hydrogen) atoms. The highest BCUT2D eigenvalue weighted by Crippen LogP contribution is 2.23. The summed E-state index contributed by atoms with van der Waals surface area (Å²) in [6.45, 7) is 8.54. The highest BCUT2D eigenvalue weighted by Gasteiger charge is 2.19. The van der Waals surface area contributed by atoms with Crippen LogP contribution in [-0.2, 0) is 4.79 Å². The molecule has 0 atom stereocenters. The van der Waals surface area contributed by atoms with Crippen LogP contribution < -0.4 is 0 Å². The zero-order chi connectivity index (χ0) is 14.5. The van der Waals surface area contributed by atoms with Crippen molar-refractivity contribution in [1.29, 1.82) is 0 Å². The summed E-state index contributed by atoms with van der Waals surface area (Å²) in [4.78, 5) is 15.4. The van der Waals surface area contributed by atoms with Crippen LogP contribution in [0.4, 0.5) is 0 Å². The van der Waals surface area contributed by atoms with Gasteiger partial charge in [0.25, 0.3) is 0 Å². The van der Waals surface area contributed by atoms with Gasteiger partial charge in [-0.1, -0.05) is 32.9 Å². The molecule has 0 N–H and O–H groups in total. The van der Waals surface area contributed by atoms with Crippen LogP contribution >= 0.6 is 11.8 Å². The third-order valence-electron chi connectivity index (χ3n) is 4.05. The maximum atomic E-state index is 12.2. The molecule has 1 fully saturated rings. The molecular formula is C17H25NOS. The quantitative estimate of drug-likeness (QED) is 0.776. The average Bonchev–Trinajstić information content (AvgIpc) is 2.46. The van der Waals surface area contributed by atoms with Crippen molar-refractivity contribution in [3.63, 3.8) is 0 Å². The third kappa shape index (κ3) is 4.27. The number of benzene rings is 1. The van der Waals surface area contributed by atoms with Crippen molar-refractivity contribution < 1.29 is 4.79 Å². The Morgan fingerprint density at radius 3 is 2.40 bits per heavy atom. The largest absolute Gasteiger partial charge is 0.342 e. The maximum absolute atomic E-state index is 12.2. The minimum absolute atomic E-state index is 0.287. The van der Waals surface area contributed by atoms with E-state index in [4.69, 9.17) is 0 Å². The zero-order valence-corrected chi connectivity index (χ0v) is 13.6. The van der Waals surface area contributed by atoms with Gasteiger partial charge in [-0.2, -0.15) is 0 Å². The Kier molecular flexibility index (Phi) is 5.53. The van der Waals surface area contributed by atoms with Gasteiger partial charge in [0.2, 0.25) is 5.91 Å². The van der Waals surface area contributed by atoms with Crippen LogP contribution in [0.1, 0.15) is 45.1 Å². The van der Waals surface area contributed by atoms with E-state index in [9.17, 15) is 4.79 Å². The summed E-state index contributed by atoms with van der Waals surface area (Å²) >= 11 is 1.65. The average molecular weight is 291 g/mol. The fourth-order valence-corrected chi connectivity index (χ4v) is 3.24. The van der Waals surface area contributed by atoms with Gasteiger partial charge >= 0.3 is 0 Å². The van der Waals surface area contributed by atoms with E-state index in [-0.39, 0.29) is 5.91 Å². The molecule has 1 aliphatic heterocycles. The van der Waals surface area contributed by atoms with E-state index in [1.807, 2.05) is 4.90 Å². The van der Waals surface area contributed by atoms with Crippen LogP contribution in [0.15, 0.2) is 29.2 Å². The molecule has 0 aliphatic carbocycles. The molecule has 1 aromatic rings. The fraction of sp³-hybridized carbons (Fsp3) is 0.588. The van der Waals surface area contributed by atoms with Crippen LogP contribution in [0.2, 0.25) is 0 Å². The standard InChI is InChI=1S/C17H25NOS/c1-13(2)15-4-6-16(7-5-15)20-12-17(19)18-10-8-14(3)9-11-18/h4-7,13-14H,8-12H2,1-3H3. The van der Waals surface area contributed by atoms with Gasteiger partial charge in [0, 0.05) is 18.0 Å². The number of rotatable bonds is 4. The molecule has 2 nitrogen and oxygen atoms in total. The van der Waals surface area contributed by atoms with Crippen molar-refractivity contribution >= 4 is 17.7 Å². The van der Waals surface area contributed by atoms with E-state index in [2.05, 4.69) is 45.0 Å². The van der Waals surface area contributed by atoms with E-state index in [1.165, 1.54) is 10.5 Å². The second-order valence-corrected chi connectivity index (χ2v) is 7.12. The smallest absolute Gasteiger partial charge is 0.232 e. The van der Waals surface area contributed by atoms with Crippen molar-refractivity contribution in [3.05, 3.63) is 29.8 Å². The first-order chi connectivity index (χ1) is 9.56. The minimum Gasteiger partial charge on any atom is -0.342 e. The lowest BCUT2D eigenvalue weighted by Gasteiger charge is -2.30. The highest BCUT2D eigenvalue weighted by atomic mass is 32.2. The lowest BCUT2D eigenvalue weighted by Crippen LogP contribution is -2.38. The van der Waals surface area contributed by atoms with Crippen molar-refractivity contribution in [1.82, 2.24) is 4.90 Å². The van der Waals surface area contributed by atoms with Gasteiger partial charge in [-0.15, -0.1) is 11.8 Å². The second-order valence-electron chi connectivity index (χ2n) is 6.08. The second kappa shape index (κ2) is 7.16. The lowest BCUT2D eigenvalue weighted by molar-refractivity contribution is -0.129. The molecule has 0 radical (unpaired) electrons. The highest BCUT2D eigenvalue weighted by molar-refractivity contribution is 8.00. The van der Waals surface area contributed by atoms with Gasteiger partial charge in [0.15, 0.2) is 0 Å². The Morgan fingerprint density at radius 2 is 1.85 bits per heavy atom. The summed E-state index contributed by atoms with van der Waals surface area (Å²) in [5.74, 6) is 2.19. The zero-order valence-electron chi connectivity index (χ0n) is 12.8. The van der Waals surface area contributed by atoms with Crippen LogP contribution in [0.25, 0.3) is 0 Å². The van der Waals surface area contributed by atoms with Gasteiger partial charge < -0.3 is 4.90 Å². The Morgan fingerprint density at radius 1 is 1.25 bits per heavy atom. The van der Waals surface area contributed by atoms with Gasteiger partial charge in [-0.3, -0.25) is 4.79 Å². The number of carbonyl (C=O) groups excluding carboxylic acids is 1. The van der Waals surface area contributed by atoms with Crippen molar-refractivity contribution in [2.24, 2.45) is 5.92 Å². The molecule has 0 spiro atoms. The molecule has 3 heteroatoms. The van der Waals surface area contributed by atoms with E-state index in [0.29, 0.717) is 11.7 Å². The molecule has 1 amide bonds. The van der Waals surface area contributed by atoms with Gasteiger partial charge in [0.05, 0.1) is 5.75 Å². The Balaban J connectivity index is 1.81. The number of thioether (sulfide) groups is 1. The molecule has 1 aliphatic rings. The summed E-state index contributed by atoms with van der Waals surface area (Å²) in [5, 5.41) is 0. The third-order valence-corrected chi connectivity index (χ3v) is 5.04. The SMILES string of the molecule is CC1CCN(C(=O)CSc2ccc(C(C)C)cc2)CC1. The number of piperidine rings is 1. The van der Waals surface area contributed by atoms with Crippen molar-refractivity contribution in [3.8, 4) is 0 Å². The van der Waals surface area contributed by atoms with E-state index >= 15 is 0 Å². The van der Waals surface area contributed by atoms with Gasteiger partial charge in [-0.05, 0) is 42.4 Å². The minimum atomic E-state index is 0.287.